The van der Waals surface area contributed by atoms with Crippen molar-refractivity contribution in [2.75, 3.05) is 6.61 Å². The number of allylic oxidation sites excluding steroid dienone is 1. The van der Waals surface area contributed by atoms with Crippen molar-refractivity contribution < 1.29 is 19.1 Å². The predicted molar refractivity (Wildman–Crippen MR) is 73.9 cm³/mol. The second-order valence-electron chi connectivity index (χ2n) is 5.99. The van der Waals surface area contributed by atoms with E-state index in [0.29, 0.717) is 19.4 Å². The number of alkyl carbamates (subject to hydrolysis) is 1. The number of carbonyl (C=O) groups is 2. The molecule has 0 aromatic carbocycles. The molecule has 0 heterocycles. The molecule has 0 unspecified atom stereocenters. The molecule has 5 nitrogen and oxygen atoms in total. The maximum Gasteiger partial charge on any atom is 0.410 e. The molecule has 20 heavy (non-hydrogen) atoms. The lowest BCUT2D eigenvalue weighted by Crippen LogP contribution is -2.49. The fraction of sp³-hybridized carbons (Fsp3) is 0.733. The highest BCUT2D eigenvalue weighted by molar-refractivity contribution is 5.70. The van der Waals surface area contributed by atoms with Gasteiger partial charge in [0.15, 0.2) is 5.72 Å². The minimum atomic E-state index is -0.863. The van der Waals surface area contributed by atoms with Crippen LogP contribution < -0.4 is 5.32 Å². The Bertz CT molecular complexity index is 395. The second-order valence-corrected chi connectivity index (χ2v) is 5.99. The lowest BCUT2D eigenvalue weighted by Gasteiger charge is -2.29. The summed E-state index contributed by atoms with van der Waals surface area (Å²) in [5, 5.41) is 2.74. The van der Waals surface area contributed by atoms with Crippen LogP contribution in [0.2, 0.25) is 0 Å². The van der Waals surface area contributed by atoms with Gasteiger partial charge in [-0.15, -0.1) is 6.58 Å². The quantitative estimate of drug-likeness (QED) is 0.462. The molecule has 1 N–H and O–H groups in total. The van der Waals surface area contributed by atoms with Gasteiger partial charge in [0.1, 0.15) is 0 Å². The topological polar surface area (TPSA) is 64.6 Å². The van der Waals surface area contributed by atoms with Crippen molar-refractivity contribution in [3.63, 3.8) is 0 Å². The van der Waals surface area contributed by atoms with Gasteiger partial charge in [0.25, 0.3) is 0 Å². The summed E-state index contributed by atoms with van der Waals surface area (Å²) in [6.45, 7) is 5.49. The van der Waals surface area contributed by atoms with Crippen LogP contribution >= 0.6 is 0 Å². The number of amides is 1. The summed E-state index contributed by atoms with van der Waals surface area (Å²) in [5.41, 5.74) is -0.762. The normalized spacial score (nSPS) is 21.9. The van der Waals surface area contributed by atoms with E-state index in [-0.39, 0.29) is 11.4 Å². The molecule has 2 fully saturated rings. The van der Waals surface area contributed by atoms with E-state index >= 15 is 0 Å². The average Bonchev–Trinajstić information content (AvgIpc) is 2.99. The maximum atomic E-state index is 11.9. The van der Waals surface area contributed by atoms with Crippen molar-refractivity contribution in [1.29, 1.82) is 0 Å². The largest absolute Gasteiger partial charge is 0.449 e. The summed E-state index contributed by atoms with van der Waals surface area (Å²) < 4.78 is 10.6. The van der Waals surface area contributed by atoms with Gasteiger partial charge in [-0.2, -0.15) is 0 Å². The molecule has 2 aliphatic rings. The molecule has 0 aromatic rings. The zero-order valence-electron chi connectivity index (χ0n) is 12.1. The number of nitrogens with one attached hydrogen (secondary N) is 1. The molecule has 0 saturated heterocycles. The fourth-order valence-corrected chi connectivity index (χ4v) is 2.80. The fourth-order valence-electron chi connectivity index (χ4n) is 2.80. The lowest BCUT2D eigenvalue weighted by atomic mass is 10.0. The maximum absolute atomic E-state index is 11.9. The molecular formula is C15H23NO4. The van der Waals surface area contributed by atoms with Gasteiger partial charge in [0.2, 0.25) is 0 Å². The van der Waals surface area contributed by atoms with Crippen molar-refractivity contribution >= 4 is 12.1 Å². The molecule has 2 aliphatic carbocycles. The van der Waals surface area contributed by atoms with Gasteiger partial charge in [0.05, 0.1) is 6.61 Å². The molecule has 0 radical (unpaired) electrons. The Morgan fingerprint density at radius 3 is 2.40 bits per heavy atom. The third kappa shape index (κ3) is 3.74. The van der Waals surface area contributed by atoms with Crippen LogP contribution in [-0.2, 0) is 14.3 Å². The van der Waals surface area contributed by atoms with Crippen molar-refractivity contribution in [2.24, 2.45) is 5.41 Å². The number of rotatable bonds is 6. The van der Waals surface area contributed by atoms with Crippen LogP contribution in [-0.4, -0.2) is 24.4 Å². The number of hydrogen-bond acceptors (Lipinski definition) is 4. The van der Waals surface area contributed by atoms with Gasteiger partial charge in [-0.05, 0) is 32.1 Å². The monoisotopic (exact) mass is 281 g/mol. The average molecular weight is 281 g/mol. The summed E-state index contributed by atoms with van der Waals surface area (Å²) in [5.74, 6) is -0.377. The molecule has 5 heteroatoms. The van der Waals surface area contributed by atoms with E-state index in [9.17, 15) is 9.59 Å². The van der Waals surface area contributed by atoms with E-state index in [1.54, 1.807) is 0 Å². The number of ether oxygens (including phenoxy) is 2. The highest BCUT2D eigenvalue weighted by Gasteiger charge is 2.44. The van der Waals surface area contributed by atoms with Crippen LogP contribution in [0.4, 0.5) is 4.79 Å². The second kappa shape index (κ2) is 5.85. The Kier molecular flexibility index (Phi) is 4.35. The first-order valence-electron chi connectivity index (χ1n) is 7.25. The Morgan fingerprint density at radius 2 is 1.90 bits per heavy atom. The molecule has 0 bridgehead atoms. The molecule has 1 amide bonds. The van der Waals surface area contributed by atoms with Gasteiger partial charge >= 0.3 is 12.1 Å². The number of esters is 1. The molecular weight excluding hydrogens is 258 g/mol. The number of hydrogen-bond donors (Lipinski definition) is 1. The van der Waals surface area contributed by atoms with Gasteiger partial charge in [-0.3, -0.25) is 10.1 Å². The SMILES string of the molecule is C=CCC1(COC(=O)NC2(OC(C)=O)CCCC2)CC1. The summed E-state index contributed by atoms with van der Waals surface area (Å²) in [6, 6.07) is 0. The third-order valence-corrected chi connectivity index (χ3v) is 4.12. The van der Waals surface area contributed by atoms with E-state index in [4.69, 9.17) is 9.47 Å². The highest BCUT2D eigenvalue weighted by Crippen LogP contribution is 2.49. The Morgan fingerprint density at radius 1 is 1.25 bits per heavy atom. The third-order valence-electron chi connectivity index (χ3n) is 4.12. The molecule has 2 saturated carbocycles. The molecule has 2 rings (SSSR count). The van der Waals surface area contributed by atoms with Crippen LogP contribution in [0.25, 0.3) is 0 Å². The van der Waals surface area contributed by atoms with Crippen molar-refractivity contribution in [1.82, 2.24) is 5.32 Å². The van der Waals surface area contributed by atoms with E-state index in [1.807, 2.05) is 6.08 Å². The first kappa shape index (κ1) is 14.9. The first-order chi connectivity index (χ1) is 9.49. The van der Waals surface area contributed by atoms with Gasteiger partial charge in [0, 0.05) is 25.2 Å². The Labute approximate surface area is 119 Å². The van der Waals surface area contributed by atoms with E-state index in [2.05, 4.69) is 11.9 Å². The van der Waals surface area contributed by atoms with E-state index < -0.39 is 11.8 Å². The van der Waals surface area contributed by atoms with Crippen LogP contribution in [0.1, 0.15) is 51.9 Å². The van der Waals surface area contributed by atoms with Crippen molar-refractivity contribution in [3.8, 4) is 0 Å². The molecule has 0 spiro atoms. The highest BCUT2D eigenvalue weighted by atomic mass is 16.6. The van der Waals surface area contributed by atoms with Crippen LogP contribution in [0.15, 0.2) is 12.7 Å². The number of carbonyl (C=O) groups excluding carboxylic acids is 2. The molecule has 0 aromatic heterocycles. The molecule has 0 atom stereocenters. The smallest absolute Gasteiger partial charge is 0.410 e. The van der Waals surface area contributed by atoms with Gasteiger partial charge < -0.3 is 9.47 Å². The first-order valence-corrected chi connectivity index (χ1v) is 7.25. The van der Waals surface area contributed by atoms with Crippen LogP contribution in [0.3, 0.4) is 0 Å². The lowest BCUT2D eigenvalue weighted by molar-refractivity contribution is -0.159. The van der Waals surface area contributed by atoms with E-state index in [1.165, 1.54) is 6.92 Å². The predicted octanol–water partition coefficient (Wildman–Crippen LogP) is 2.90. The van der Waals surface area contributed by atoms with E-state index in [0.717, 1.165) is 32.1 Å². The molecule has 112 valence electrons. The summed E-state index contributed by atoms with van der Waals surface area (Å²) >= 11 is 0. The van der Waals surface area contributed by atoms with Gasteiger partial charge in [-0.25, -0.2) is 4.79 Å². The van der Waals surface area contributed by atoms with Gasteiger partial charge in [-0.1, -0.05) is 6.08 Å². The van der Waals surface area contributed by atoms with Crippen LogP contribution in [0, 0.1) is 5.41 Å². The summed E-state index contributed by atoms with van der Waals surface area (Å²) in [6.07, 6.45) is 7.56. The summed E-state index contributed by atoms with van der Waals surface area (Å²) in [7, 11) is 0. The standard InChI is InChI=1S/C15H23NO4/c1-3-6-14(9-10-14)11-19-13(18)16-15(20-12(2)17)7-4-5-8-15/h3H,1,4-11H2,2H3,(H,16,18). The van der Waals surface area contributed by atoms with Crippen LogP contribution in [0.5, 0.6) is 0 Å². The van der Waals surface area contributed by atoms with Crippen molar-refractivity contribution in [2.45, 2.75) is 57.6 Å². The zero-order valence-corrected chi connectivity index (χ0v) is 12.1. The Hall–Kier alpha value is -1.52. The minimum Gasteiger partial charge on any atom is -0.449 e. The van der Waals surface area contributed by atoms with Crippen molar-refractivity contribution in [3.05, 3.63) is 12.7 Å². The molecule has 0 aliphatic heterocycles. The summed E-state index contributed by atoms with van der Waals surface area (Å²) in [4.78, 5) is 23.1. The Balaban J connectivity index is 1.83. The minimum absolute atomic E-state index is 0.101. The zero-order chi connectivity index (χ0) is 14.6.